The first-order valence-electron chi connectivity index (χ1n) is 3.22. The molecule has 0 spiro atoms. The maximum atomic E-state index is 5.08. The van der Waals surface area contributed by atoms with Gasteiger partial charge < -0.3 is 9.64 Å². The third-order valence-electron chi connectivity index (χ3n) is 1.55. The molecule has 9 heavy (non-hydrogen) atoms. The fourth-order valence-corrected chi connectivity index (χ4v) is 1.19. The van der Waals surface area contributed by atoms with Gasteiger partial charge in [0.05, 0.1) is 13.2 Å². The number of nitrogens with zero attached hydrogens (tertiary/aromatic N) is 1. The van der Waals surface area contributed by atoms with Gasteiger partial charge in [0, 0.05) is 5.41 Å². The van der Waals surface area contributed by atoms with Gasteiger partial charge in [-0.1, -0.05) is 6.92 Å². The van der Waals surface area contributed by atoms with Gasteiger partial charge in [0.2, 0.25) is 0 Å². The summed E-state index contributed by atoms with van der Waals surface area (Å²) >= 11 is 0. The molecule has 1 fully saturated rings. The summed E-state index contributed by atoms with van der Waals surface area (Å²) in [6, 6.07) is 0. The Hall–Kier alpha value is -0.0800. The van der Waals surface area contributed by atoms with E-state index in [1.807, 2.05) is 11.9 Å². The molecule has 0 aromatic heterocycles. The molecular weight excluding hydrogens is 114 g/mol. The van der Waals surface area contributed by atoms with Crippen molar-refractivity contribution in [3.63, 3.8) is 0 Å². The Bertz CT molecular complexity index is 97.1. The summed E-state index contributed by atoms with van der Waals surface area (Å²) in [6.07, 6.45) is 0. The van der Waals surface area contributed by atoms with Crippen LogP contribution in [0.15, 0.2) is 0 Å². The molecule has 0 saturated carbocycles. The molecule has 0 bridgehead atoms. The van der Waals surface area contributed by atoms with E-state index in [0.717, 1.165) is 19.8 Å². The first kappa shape index (κ1) is 7.03. The highest BCUT2D eigenvalue weighted by Crippen LogP contribution is 2.26. The van der Waals surface area contributed by atoms with Crippen LogP contribution in [0.4, 0.5) is 0 Å². The van der Waals surface area contributed by atoms with Crippen molar-refractivity contribution < 1.29 is 4.74 Å². The van der Waals surface area contributed by atoms with E-state index in [-0.39, 0.29) is 0 Å². The van der Waals surface area contributed by atoms with Crippen LogP contribution in [0.25, 0.3) is 0 Å². The van der Waals surface area contributed by atoms with Crippen LogP contribution in [-0.2, 0) is 4.74 Å². The first-order chi connectivity index (χ1) is 4.12. The highest BCUT2D eigenvalue weighted by Gasteiger charge is 2.32. The Kier molecular flexibility index (Phi) is 1.78. The van der Waals surface area contributed by atoms with Crippen molar-refractivity contribution in [3.05, 3.63) is 7.05 Å². The molecule has 0 unspecified atom stereocenters. The molecule has 2 nitrogen and oxygen atoms in total. The lowest BCUT2D eigenvalue weighted by Crippen LogP contribution is -2.46. The van der Waals surface area contributed by atoms with E-state index in [2.05, 4.69) is 14.0 Å². The molecule has 1 aliphatic heterocycles. The minimum Gasteiger partial charge on any atom is -0.461 e. The summed E-state index contributed by atoms with van der Waals surface area (Å²) in [4.78, 5) is 1.96. The van der Waals surface area contributed by atoms with Crippen molar-refractivity contribution in [2.24, 2.45) is 5.41 Å². The molecular formula is C7H14NO-. The van der Waals surface area contributed by atoms with E-state index in [1.165, 1.54) is 0 Å². The van der Waals surface area contributed by atoms with E-state index in [9.17, 15) is 0 Å². The third-order valence-corrected chi connectivity index (χ3v) is 1.55. The highest BCUT2D eigenvalue weighted by atomic mass is 16.5. The Morgan fingerprint density at radius 3 is 2.33 bits per heavy atom. The van der Waals surface area contributed by atoms with Crippen LogP contribution in [-0.4, -0.2) is 31.7 Å². The monoisotopic (exact) mass is 128 g/mol. The molecule has 0 N–H and O–H groups in total. The summed E-state index contributed by atoms with van der Waals surface area (Å²) in [6.45, 7) is 5.05. The Morgan fingerprint density at radius 2 is 2.22 bits per heavy atom. The van der Waals surface area contributed by atoms with E-state index < -0.39 is 0 Å². The maximum absolute atomic E-state index is 5.08. The number of hydrogen-bond donors (Lipinski definition) is 0. The number of rotatable bonds is 2. The molecule has 0 atom stereocenters. The second kappa shape index (κ2) is 2.27. The number of hydrogen-bond acceptors (Lipinski definition) is 2. The van der Waals surface area contributed by atoms with Crippen molar-refractivity contribution in [1.82, 2.24) is 4.90 Å². The zero-order valence-electron chi connectivity index (χ0n) is 6.18. The molecule has 0 aromatic rings. The average molecular weight is 128 g/mol. The standard InChI is InChI=1S/C7H14NO/c1-7(4-8(2)3)5-9-6-7/h2,4-6H2,1,3H3/q-1. The van der Waals surface area contributed by atoms with Crippen molar-refractivity contribution in [2.45, 2.75) is 6.92 Å². The summed E-state index contributed by atoms with van der Waals surface area (Å²) in [5.41, 5.74) is 0.385. The molecule has 0 aliphatic carbocycles. The van der Waals surface area contributed by atoms with Crippen LogP contribution < -0.4 is 0 Å². The van der Waals surface area contributed by atoms with Gasteiger partial charge in [0.1, 0.15) is 0 Å². The molecule has 0 amide bonds. The predicted octanol–water partition coefficient (Wildman–Crippen LogP) is 0.746. The van der Waals surface area contributed by atoms with Crippen LogP contribution >= 0.6 is 0 Å². The van der Waals surface area contributed by atoms with Gasteiger partial charge in [0.25, 0.3) is 0 Å². The summed E-state index contributed by atoms with van der Waals surface area (Å²) in [5.74, 6) is 0. The van der Waals surface area contributed by atoms with Gasteiger partial charge in [0.15, 0.2) is 0 Å². The average Bonchev–Trinajstić information content (AvgIpc) is 1.60. The lowest BCUT2D eigenvalue weighted by molar-refractivity contribution is -0.109. The topological polar surface area (TPSA) is 12.5 Å². The number of ether oxygens (including phenoxy) is 1. The largest absolute Gasteiger partial charge is 0.461 e. The maximum Gasteiger partial charge on any atom is 0.0553 e. The van der Waals surface area contributed by atoms with Crippen molar-refractivity contribution in [1.29, 1.82) is 0 Å². The molecule has 0 radical (unpaired) electrons. The van der Waals surface area contributed by atoms with E-state index in [0.29, 0.717) is 5.41 Å². The van der Waals surface area contributed by atoms with Crippen LogP contribution in [0.1, 0.15) is 6.92 Å². The minimum absolute atomic E-state index is 0.385. The van der Waals surface area contributed by atoms with E-state index in [1.54, 1.807) is 0 Å². The SMILES string of the molecule is [CH2-]N(C)CC1(C)COC1. The third kappa shape index (κ3) is 1.66. The Morgan fingerprint density at radius 1 is 1.67 bits per heavy atom. The molecule has 1 saturated heterocycles. The van der Waals surface area contributed by atoms with Crippen LogP contribution in [0.5, 0.6) is 0 Å². The Balaban J connectivity index is 2.24. The van der Waals surface area contributed by atoms with Crippen molar-refractivity contribution in [3.8, 4) is 0 Å². The highest BCUT2D eigenvalue weighted by molar-refractivity contribution is 4.83. The van der Waals surface area contributed by atoms with E-state index in [4.69, 9.17) is 4.74 Å². The predicted molar refractivity (Wildman–Crippen MR) is 36.9 cm³/mol. The second-order valence-electron chi connectivity index (χ2n) is 3.32. The zero-order valence-corrected chi connectivity index (χ0v) is 6.18. The molecule has 0 aromatic carbocycles. The lowest BCUT2D eigenvalue weighted by atomic mass is 9.88. The molecule has 2 heteroatoms. The Labute approximate surface area is 56.8 Å². The normalized spacial score (nSPS) is 24.0. The zero-order chi connectivity index (χ0) is 6.91. The van der Waals surface area contributed by atoms with Crippen LogP contribution in [0.2, 0.25) is 0 Å². The smallest absolute Gasteiger partial charge is 0.0553 e. The van der Waals surface area contributed by atoms with Crippen LogP contribution in [0, 0.1) is 12.5 Å². The minimum atomic E-state index is 0.385. The molecule has 1 rings (SSSR count). The summed E-state index contributed by atoms with van der Waals surface area (Å²) in [7, 11) is 5.77. The van der Waals surface area contributed by atoms with Gasteiger partial charge in [-0.25, -0.2) is 0 Å². The molecule has 54 valence electrons. The molecule has 1 heterocycles. The fourth-order valence-electron chi connectivity index (χ4n) is 1.19. The summed E-state index contributed by atoms with van der Waals surface area (Å²) in [5, 5.41) is 0. The van der Waals surface area contributed by atoms with Gasteiger partial charge in [-0.2, -0.15) is 0 Å². The van der Waals surface area contributed by atoms with E-state index >= 15 is 0 Å². The van der Waals surface area contributed by atoms with Gasteiger partial charge in [-0.15, -0.1) is 0 Å². The quantitative estimate of drug-likeness (QED) is 0.509. The van der Waals surface area contributed by atoms with Crippen molar-refractivity contribution >= 4 is 0 Å². The fraction of sp³-hybridized carbons (Fsp3) is 0.857. The van der Waals surface area contributed by atoms with Gasteiger partial charge in [-0.3, -0.25) is 7.05 Å². The molecule has 1 aliphatic rings. The summed E-state index contributed by atoms with van der Waals surface area (Å²) < 4.78 is 5.08. The lowest BCUT2D eigenvalue weighted by Gasteiger charge is -2.42. The van der Waals surface area contributed by atoms with Crippen LogP contribution in [0.3, 0.4) is 0 Å². The van der Waals surface area contributed by atoms with Crippen molar-refractivity contribution in [2.75, 3.05) is 26.8 Å². The van der Waals surface area contributed by atoms with Gasteiger partial charge in [-0.05, 0) is 13.6 Å². The van der Waals surface area contributed by atoms with Gasteiger partial charge >= 0.3 is 0 Å². The first-order valence-corrected chi connectivity index (χ1v) is 3.22. The second-order valence-corrected chi connectivity index (χ2v) is 3.32.